The predicted molar refractivity (Wildman–Crippen MR) is 78.0 cm³/mol. The molecule has 2 unspecified atom stereocenters. The molecule has 3 saturated heterocycles. The number of rotatable bonds is 2. The van der Waals surface area contributed by atoms with Crippen LogP contribution < -0.4 is 10.6 Å². The lowest BCUT2D eigenvalue weighted by atomic mass is 9.96. The fourth-order valence-corrected chi connectivity index (χ4v) is 5.33. The lowest BCUT2D eigenvalue weighted by Gasteiger charge is -2.49. The van der Waals surface area contributed by atoms with Crippen molar-refractivity contribution in [3.8, 4) is 0 Å². The molecule has 0 aromatic rings. The molecule has 3 rings (SSSR count). The largest absolute Gasteiger partial charge is 0.309 e. The Balaban J connectivity index is 1.75. The molecule has 0 spiro atoms. The Kier molecular flexibility index (Phi) is 4.22. The molecule has 0 saturated carbocycles. The average Bonchev–Trinajstić information content (AvgIpc) is 2.91. The number of thioether (sulfide) groups is 2. The third kappa shape index (κ3) is 2.50. The van der Waals surface area contributed by atoms with E-state index in [1.165, 1.54) is 62.0 Å². The fourth-order valence-electron chi connectivity index (χ4n) is 3.37. The van der Waals surface area contributed by atoms with E-state index in [4.69, 9.17) is 0 Å². The lowest BCUT2D eigenvalue weighted by molar-refractivity contribution is 0.0503. The van der Waals surface area contributed by atoms with Crippen LogP contribution >= 0.6 is 23.5 Å². The zero-order valence-electron chi connectivity index (χ0n) is 10.4. The summed E-state index contributed by atoms with van der Waals surface area (Å²) in [5, 5.41) is 7.62. The molecule has 0 aliphatic carbocycles. The van der Waals surface area contributed by atoms with Crippen molar-refractivity contribution in [1.29, 1.82) is 0 Å². The van der Waals surface area contributed by atoms with Gasteiger partial charge in [-0.05, 0) is 19.4 Å². The van der Waals surface area contributed by atoms with E-state index in [2.05, 4.69) is 39.1 Å². The highest BCUT2D eigenvalue weighted by Gasteiger charge is 2.46. The molecule has 2 N–H and O–H groups in total. The zero-order chi connectivity index (χ0) is 11.6. The predicted octanol–water partition coefficient (Wildman–Crippen LogP) is 0.820. The highest BCUT2D eigenvalue weighted by atomic mass is 32.2. The molecule has 0 radical (unpaired) electrons. The van der Waals surface area contributed by atoms with Crippen molar-refractivity contribution in [3.05, 3.63) is 0 Å². The van der Waals surface area contributed by atoms with Gasteiger partial charge in [-0.15, -0.1) is 0 Å². The van der Waals surface area contributed by atoms with Gasteiger partial charge in [-0.1, -0.05) is 0 Å². The summed E-state index contributed by atoms with van der Waals surface area (Å²) in [6.07, 6.45) is 2.67. The van der Waals surface area contributed by atoms with E-state index in [9.17, 15) is 0 Å². The Morgan fingerprint density at radius 1 is 1.06 bits per heavy atom. The first-order valence-electron chi connectivity index (χ1n) is 6.81. The number of nitrogens with zero attached hydrogens (tertiary/aromatic N) is 1. The van der Waals surface area contributed by atoms with Crippen molar-refractivity contribution in [1.82, 2.24) is 15.5 Å². The van der Waals surface area contributed by atoms with Crippen molar-refractivity contribution >= 4 is 23.5 Å². The summed E-state index contributed by atoms with van der Waals surface area (Å²) in [5.41, 5.74) is 0.272. The van der Waals surface area contributed by atoms with Gasteiger partial charge >= 0.3 is 0 Å². The standard InChI is InChI=1S/C12H23N3S2/c1-2-12(14-3-1,11-10-17-7-4-13-11)15-5-8-16-9-6-15/h11,13-14H,1-10H2. The van der Waals surface area contributed by atoms with Crippen LogP contribution in [0.2, 0.25) is 0 Å². The topological polar surface area (TPSA) is 27.3 Å². The van der Waals surface area contributed by atoms with Crippen molar-refractivity contribution in [2.24, 2.45) is 0 Å². The Hall–Kier alpha value is 0.580. The Morgan fingerprint density at radius 2 is 1.94 bits per heavy atom. The minimum atomic E-state index is 0.272. The summed E-state index contributed by atoms with van der Waals surface area (Å²) in [5.74, 6) is 5.17. The SMILES string of the molecule is C1CNC(C2CSCCN2)(N2CCSCC2)C1. The van der Waals surface area contributed by atoms with Crippen LogP contribution in [0.3, 0.4) is 0 Å². The second kappa shape index (κ2) is 5.70. The molecular weight excluding hydrogens is 250 g/mol. The molecule has 3 aliphatic heterocycles. The van der Waals surface area contributed by atoms with Crippen LogP contribution in [0.1, 0.15) is 12.8 Å². The maximum atomic E-state index is 3.85. The molecule has 17 heavy (non-hydrogen) atoms. The van der Waals surface area contributed by atoms with Gasteiger partial charge in [0, 0.05) is 48.7 Å². The molecule has 3 nitrogen and oxygen atoms in total. The summed E-state index contributed by atoms with van der Waals surface area (Å²) in [6, 6.07) is 0.645. The zero-order valence-corrected chi connectivity index (χ0v) is 12.0. The molecule has 3 aliphatic rings. The monoisotopic (exact) mass is 273 g/mol. The second-order valence-corrected chi connectivity index (χ2v) is 7.51. The van der Waals surface area contributed by atoms with Gasteiger partial charge in [0.15, 0.2) is 0 Å². The van der Waals surface area contributed by atoms with E-state index in [1.54, 1.807) is 0 Å². The normalized spacial score (nSPS) is 40.6. The molecule has 0 aromatic heterocycles. The van der Waals surface area contributed by atoms with Crippen LogP contribution in [0.25, 0.3) is 0 Å². The quantitative estimate of drug-likeness (QED) is 0.777. The van der Waals surface area contributed by atoms with E-state index in [0.717, 1.165) is 0 Å². The Labute approximate surface area is 113 Å². The van der Waals surface area contributed by atoms with Crippen LogP contribution in [0.4, 0.5) is 0 Å². The first kappa shape index (κ1) is 12.6. The first-order chi connectivity index (χ1) is 8.42. The minimum absolute atomic E-state index is 0.272. The minimum Gasteiger partial charge on any atom is -0.309 e. The maximum absolute atomic E-state index is 3.85. The number of hydrogen-bond donors (Lipinski definition) is 2. The summed E-state index contributed by atoms with van der Waals surface area (Å²) in [6.45, 7) is 4.91. The van der Waals surface area contributed by atoms with E-state index in [-0.39, 0.29) is 5.66 Å². The molecule has 98 valence electrons. The number of hydrogen-bond acceptors (Lipinski definition) is 5. The Morgan fingerprint density at radius 3 is 2.59 bits per heavy atom. The van der Waals surface area contributed by atoms with Crippen molar-refractivity contribution in [3.63, 3.8) is 0 Å². The molecule has 3 fully saturated rings. The fraction of sp³-hybridized carbons (Fsp3) is 1.00. The summed E-state index contributed by atoms with van der Waals surface area (Å²) in [7, 11) is 0. The summed E-state index contributed by atoms with van der Waals surface area (Å²) in [4.78, 5) is 2.74. The van der Waals surface area contributed by atoms with E-state index in [0.29, 0.717) is 6.04 Å². The smallest absolute Gasteiger partial charge is 0.0879 e. The van der Waals surface area contributed by atoms with Crippen LogP contribution in [0, 0.1) is 0 Å². The average molecular weight is 273 g/mol. The van der Waals surface area contributed by atoms with E-state index in [1.807, 2.05) is 0 Å². The summed E-state index contributed by atoms with van der Waals surface area (Å²) < 4.78 is 0. The van der Waals surface area contributed by atoms with Crippen LogP contribution in [0.15, 0.2) is 0 Å². The molecule has 0 amide bonds. The second-order valence-electron chi connectivity index (χ2n) is 5.14. The lowest BCUT2D eigenvalue weighted by Crippen LogP contribution is -2.69. The number of nitrogens with one attached hydrogen (secondary N) is 2. The van der Waals surface area contributed by atoms with Gasteiger partial charge in [-0.2, -0.15) is 23.5 Å². The van der Waals surface area contributed by atoms with Gasteiger partial charge in [-0.25, -0.2) is 0 Å². The molecule has 3 heterocycles. The summed E-state index contributed by atoms with van der Waals surface area (Å²) >= 11 is 4.23. The molecule has 2 atom stereocenters. The van der Waals surface area contributed by atoms with Gasteiger partial charge in [0.1, 0.15) is 0 Å². The van der Waals surface area contributed by atoms with Gasteiger partial charge in [0.2, 0.25) is 0 Å². The van der Waals surface area contributed by atoms with Gasteiger partial charge in [0.25, 0.3) is 0 Å². The Bertz CT molecular complexity index is 224. The van der Waals surface area contributed by atoms with Gasteiger partial charge in [-0.3, -0.25) is 10.2 Å². The van der Waals surface area contributed by atoms with E-state index >= 15 is 0 Å². The van der Waals surface area contributed by atoms with Crippen LogP contribution in [-0.4, -0.2) is 65.8 Å². The molecule has 0 aromatic carbocycles. The van der Waals surface area contributed by atoms with Crippen molar-refractivity contribution < 1.29 is 0 Å². The van der Waals surface area contributed by atoms with Gasteiger partial charge < -0.3 is 5.32 Å². The van der Waals surface area contributed by atoms with Gasteiger partial charge in [0.05, 0.1) is 5.66 Å². The maximum Gasteiger partial charge on any atom is 0.0879 e. The molecule has 5 heteroatoms. The third-order valence-electron chi connectivity index (χ3n) is 4.24. The van der Waals surface area contributed by atoms with E-state index < -0.39 is 0 Å². The highest BCUT2D eigenvalue weighted by molar-refractivity contribution is 7.99. The van der Waals surface area contributed by atoms with Crippen LogP contribution in [-0.2, 0) is 0 Å². The van der Waals surface area contributed by atoms with Crippen LogP contribution in [0.5, 0.6) is 0 Å². The molecule has 0 bridgehead atoms. The molecular formula is C12H23N3S2. The van der Waals surface area contributed by atoms with Crippen molar-refractivity contribution in [2.45, 2.75) is 24.5 Å². The van der Waals surface area contributed by atoms with Crippen molar-refractivity contribution in [2.75, 3.05) is 49.2 Å². The third-order valence-corrected chi connectivity index (χ3v) is 6.24. The first-order valence-corrected chi connectivity index (χ1v) is 9.12. The highest BCUT2D eigenvalue weighted by Crippen LogP contribution is 2.32.